The molecule has 5 rings (SSSR count). The Labute approximate surface area is 172 Å². The monoisotopic (exact) mass is 416 g/mol. The first-order valence-electron chi connectivity index (χ1n) is 9.82. The number of nitrogens with one attached hydrogen (secondary N) is 3. The van der Waals surface area contributed by atoms with Crippen molar-refractivity contribution >= 4 is 35.4 Å². The minimum absolute atomic E-state index is 0.0200. The van der Waals surface area contributed by atoms with E-state index in [1.165, 1.54) is 22.2 Å². The van der Waals surface area contributed by atoms with Crippen molar-refractivity contribution in [3.8, 4) is 11.5 Å². The van der Waals surface area contributed by atoms with Crippen LogP contribution >= 0.6 is 11.8 Å². The van der Waals surface area contributed by atoms with Gasteiger partial charge in [-0.25, -0.2) is 9.98 Å². The molecule has 0 radical (unpaired) electrons. The van der Waals surface area contributed by atoms with E-state index in [4.69, 9.17) is 9.47 Å². The summed E-state index contributed by atoms with van der Waals surface area (Å²) in [6, 6.07) is 6.17. The van der Waals surface area contributed by atoms with Crippen LogP contribution in [-0.2, 0) is 11.3 Å². The number of hydrogen-bond acceptors (Lipinski definition) is 7. The van der Waals surface area contributed by atoms with Gasteiger partial charge >= 0.3 is 0 Å². The molecule has 4 aliphatic rings. The van der Waals surface area contributed by atoms with Gasteiger partial charge in [0.15, 0.2) is 11.5 Å². The number of nitrogens with zero attached hydrogens (tertiary/aromatic N) is 3. The standard InChI is InChI=1S/C19H22N6O3S/c26-16(9-29-19-17-18(21-10-20-17)22-11-23-19)25-5-3-24(4-6-25)8-13-1-2-14-15(7-13)28-12-27-14/h1-2,7,10-11,17-18H,3-6,8-9,12H2,(H,20,21)/p+2/t17-,18+/m0/s1. The van der Waals surface area contributed by atoms with Crippen molar-refractivity contribution in [2.24, 2.45) is 9.98 Å². The lowest BCUT2D eigenvalue weighted by Gasteiger charge is -2.32. The predicted molar refractivity (Wildman–Crippen MR) is 110 cm³/mol. The van der Waals surface area contributed by atoms with Crippen LogP contribution in [0.5, 0.6) is 11.5 Å². The number of benzene rings is 1. The van der Waals surface area contributed by atoms with Gasteiger partial charge < -0.3 is 19.3 Å². The summed E-state index contributed by atoms with van der Waals surface area (Å²) >= 11 is 1.50. The number of hydrogen-bond donors (Lipinski definition) is 3. The lowest BCUT2D eigenvalue weighted by atomic mass is 10.1. The lowest BCUT2D eigenvalue weighted by Crippen LogP contribution is -3.13. The Balaban J connectivity index is 1.09. The highest BCUT2D eigenvalue weighted by molar-refractivity contribution is 8.14. The molecule has 9 nitrogen and oxygen atoms in total. The van der Waals surface area contributed by atoms with E-state index in [9.17, 15) is 4.79 Å². The normalized spacial score (nSPS) is 25.0. The molecule has 1 fully saturated rings. The zero-order valence-corrected chi connectivity index (χ0v) is 16.8. The molecule has 3 N–H and O–H groups in total. The van der Waals surface area contributed by atoms with Crippen molar-refractivity contribution in [2.45, 2.75) is 18.8 Å². The molecule has 0 aromatic heterocycles. The number of ether oxygens (including phenoxy) is 2. The minimum Gasteiger partial charge on any atom is -0.454 e. The molecule has 152 valence electrons. The molecular formula is C19H24N6O3S+2. The number of piperazine rings is 1. The molecule has 4 aliphatic heterocycles. The van der Waals surface area contributed by atoms with Gasteiger partial charge in [-0.1, -0.05) is 11.8 Å². The molecule has 0 saturated carbocycles. The van der Waals surface area contributed by atoms with E-state index in [1.54, 1.807) is 12.7 Å². The van der Waals surface area contributed by atoms with Crippen LogP contribution < -0.4 is 24.7 Å². The van der Waals surface area contributed by atoms with Gasteiger partial charge in [0, 0.05) is 5.56 Å². The highest BCUT2D eigenvalue weighted by Gasteiger charge is 2.36. The topological polar surface area (TPSA) is 93.9 Å². The van der Waals surface area contributed by atoms with Crippen LogP contribution in [0.1, 0.15) is 5.56 Å². The Hall–Kier alpha value is -2.59. The van der Waals surface area contributed by atoms with Crippen LogP contribution in [0.25, 0.3) is 0 Å². The summed E-state index contributed by atoms with van der Waals surface area (Å²) in [6.45, 7) is 4.70. The number of aliphatic imine (C=N–C) groups is 2. The number of carbonyl (C=O) groups excluding carboxylic acids is 1. The number of quaternary nitrogens is 1. The fourth-order valence-electron chi connectivity index (χ4n) is 3.93. The van der Waals surface area contributed by atoms with Gasteiger partial charge in [0.25, 0.3) is 0 Å². The molecule has 1 saturated heterocycles. The number of carbonyl (C=O) groups is 1. The van der Waals surface area contributed by atoms with Crippen molar-refractivity contribution in [3.05, 3.63) is 23.8 Å². The van der Waals surface area contributed by atoms with Gasteiger partial charge in [-0.2, -0.15) is 0 Å². The van der Waals surface area contributed by atoms with Crippen molar-refractivity contribution in [3.63, 3.8) is 0 Å². The molecule has 0 bridgehead atoms. The first-order chi connectivity index (χ1) is 14.3. The number of fused-ring (bicyclic) bond motifs is 2. The zero-order valence-electron chi connectivity index (χ0n) is 16.0. The SMILES string of the molecule is O=C(CSC1=NC=N[C@H]2[NH+]=CN[C@H]12)N1CC[NH+](Cc2ccc3c(c2)OCO3)CC1. The molecule has 4 heterocycles. The third-order valence-electron chi connectivity index (χ3n) is 5.57. The maximum atomic E-state index is 12.7. The van der Waals surface area contributed by atoms with Crippen molar-refractivity contribution in [1.82, 2.24) is 10.2 Å². The van der Waals surface area contributed by atoms with E-state index < -0.39 is 0 Å². The van der Waals surface area contributed by atoms with E-state index in [0.29, 0.717) is 12.5 Å². The van der Waals surface area contributed by atoms with Crippen LogP contribution in [0.15, 0.2) is 28.2 Å². The number of thioether (sulfide) groups is 1. The number of rotatable bonds is 4. The van der Waals surface area contributed by atoms with Crippen LogP contribution in [0.4, 0.5) is 0 Å². The largest absolute Gasteiger partial charge is 0.454 e. The first-order valence-corrected chi connectivity index (χ1v) is 10.8. The highest BCUT2D eigenvalue weighted by atomic mass is 32.2. The summed E-state index contributed by atoms with van der Waals surface area (Å²) in [5.41, 5.74) is 1.24. The Morgan fingerprint density at radius 3 is 3.07 bits per heavy atom. The summed E-state index contributed by atoms with van der Waals surface area (Å²) in [4.78, 5) is 27.9. The summed E-state index contributed by atoms with van der Waals surface area (Å²) in [5.74, 6) is 2.23. The van der Waals surface area contributed by atoms with Gasteiger partial charge in [0.1, 0.15) is 17.9 Å². The second-order valence-electron chi connectivity index (χ2n) is 7.42. The maximum Gasteiger partial charge on any atom is 0.233 e. The van der Waals surface area contributed by atoms with Crippen LogP contribution in [0.2, 0.25) is 0 Å². The molecule has 2 atom stereocenters. The average molecular weight is 417 g/mol. The molecule has 0 spiro atoms. The van der Waals surface area contributed by atoms with Gasteiger partial charge in [-0.05, 0) is 18.2 Å². The fourth-order valence-corrected chi connectivity index (χ4v) is 4.88. The summed E-state index contributed by atoms with van der Waals surface area (Å²) in [6.07, 6.45) is 3.34. The Kier molecular flexibility index (Phi) is 5.11. The van der Waals surface area contributed by atoms with Gasteiger partial charge in [-0.15, -0.1) is 0 Å². The van der Waals surface area contributed by atoms with Crippen LogP contribution in [-0.4, -0.2) is 79.5 Å². The Bertz CT molecular complexity index is 881. The van der Waals surface area contributed by atoms with Crippen LogP contribution in [0.3, 0.4) is 0 Å². The quantitative estimate of drug-likeness (QED) is 0.494. The molecule has 29 heavy (non-hydrogen) atoms. The summed E-state index contributed by atoms with van der Waals surface area (Å²) < 4.78 is 10.8. The molecule has 0 aliphatic carbocycles. The Morgan fingerprint density at radius 1 is 1.31 bits per heavy atom. The van der Waals surface area contributed by atoms with Crippen molar-refractivity contribution in [2.75, 3.05) is 38.7 Å². The first kappa shape index (κ1) is 18.4. The van der Waals surface area contributed by atoms with Crippen molar-refractivity contribution in [1.29, 1.82) is 0 Å². The zero-order chi connectivity index (χ0) is 19.6. The molecule has 0 unspecified atom stereocenters. The molecule has 1 aromatic carbocycles. The highest BCUT2D eigenvalue weighted by Crippen LogP contribution is 2.32. The van der Waals surface area contributed by atoms with E-state index in [0.717, 1.165) is 49.3 Å². The van der Waals surface area contributed by atoms with Gasteiger partial charge in [-0.3, -0.25) is 15.1 Å². The average Bonchev–Trinajstić information content (AvgIpc) is 3.41. The molecule has 10 heteroatoms. The third-order valence-corrected chi connectivity index (χ3v) is 6.62. The third kappa shape index (κ3) is 3.95. The molecular weight excluding hydrogens is 392 g/mol. The molecule has 1 amide bonds. The fraction of sp³-hybridized carbons (Fsp3) is 0.474. The predicted octanol–water partition coefficient (Wildman–Crippen LogP) is -2.78. The Morgan fingerprint density at radius 2 is 2.17 bits per heavy atom. The summed E-state index contributed by atoms with van der Waals surface area (Å²) in [7, 11) is 0. The second kappa shape index (κ2) is 8.03. The molecule has 1 aromatic rings. The van der Waals surface area contributed by atoms with Crippen LogP contribution in [0, 0.1) is 0 Å². The second-order valence-corrected chi connectivity index (χ2v) is 8.41. The van der Waals surface area contributed by atoms with Gasteiger partial charge in [0.2, 0.25) is 31.2 Å². The lowest BCUT2D eigenvalue weighted by molar-refractivity contribution is -0.917. The van der Waals surface area contributed by atoms with E-state index in [-0.39, 0.29) is 18.1 Å². The van der Waals surface area contributed by atoms with E-state index in [2.05, 4.69) is 32.4 Å². The van der Waals surface area contributed by atoms with E-state index in [1.807, 2.05) is 11.0 Å². The van der Waals surface area contributed by atoms with Gasteiger partial charge in [0.05, 0.1) is 31.9 Å². The summed E-state index contributed by atoms with van der Waals surface area (Å²) in [5, 5.41) is 4.12. The van der Waals surface area contributed by atoms with Crippen molar-refractivity contribution < 1.29 is 24.2 Å². The number of amides is 1. The maximum absolute atomic E-state index is 12.7. The smallest absolute Gasteiger partial charge is 0.233 e. The van der Waals surface area contributed by atoms with E-state index >= 15 is 0 Å². The minimum atomic E-state index is -0.0200.